The molecule has 3 aromatic rings. The number of para-hydroxylation sites is 1. The van der Waals surface area contributed by atoms with Crippen LogP contribution >= 0.6 is 11.6 Å². The molecule has 0 aromatic heterocycles. The molecule has 0 aliphatic heterocycles. The molecule has 0 atom stereocenters. The average Bonchev–Trinajstić information content (AvgIpc) is 2.73. The maximum Gasteiger partial charge on any atom is 0.277 e. The quantitative estimate of drug-likeness (QED) is 0.452. The lowest BCUT2D eigenvalue weighted by Gasteiger charge is -2.18. The first-order chi connectivity index (χ1) is 13.6. The van der Waals surface area contributed by atoms with Crippen molar-refractivity contribution in [2.75, 3.05) is 6.61 Å². The van der Waals surface area contributed by atoms with Crippen molar-refractivity contribution in [2.24, 2.45) is 5.10 Å². The number of ether oxygens (including phenoxy) is 1. The van der Waals surface area contributed by atoms with Crippen molar-refractivity contribution in [1.82, 2.24) is 5.43 Å². The summed E-state index contributed by atoms with van der Waals surface area (Å²) in [6, 6.07) is 27.2. The van der Waals surface area contributed by atoms with Gasteiger partial charge in [0.2, 0.25) is 0 Å². The third-order valence-electron chi connectivity index (χ3n) is 4.24. The first-order valence-corrected chi connectivity index (χ1v) is 9.33. The van der Waals surface area contributed by atoms with Crippen molar-refractivity contribution in [2.45, 2.75) is 12.8 Å². The maximum atomic E-state index is 12.1. The number of halogens is 1. The van der Waals surface area contributed by atoms with Gasteiger partial charge < -0.3 is 4.74 Å². The molecule has 3 aromatic carbocycles. The van der Waals surface area contributed by atoms with Crippen LogP contribution in [-0.4, -0.2) is 18.2 Å². The normalized spacial score (nSPS) is 11.3. The van der Waals surface area contributed by atoms with Crippen LogP contribution in [0.4, 0.5) is 0 Å². The van der Waals surface area contributed by atoms with Crippen LogP contribution in [0.2, 0.25) is 5.02 Å². The molecule has 142 valence electrons. The number of nitrogens with one attached hydrogen (secondary N) is 1. The van der Waals surface area contributed by atoms with E-state index in [-0.39, 0.29) is 18.4 Å². The maximum absolute atomic E-state index is 12.1. The van der Waals surface area contributed by atoms with Gasteiger partial charge in [0.1, 0.15) is 5.75 Å². The van der Waals surface area contributed by atoms with Gasteiger partial charge in [0.15, 0.2) is 6.61 Å². The van der Waals surface area contributed by atoms with Crippen LogP contribution in [0.3, 0.4) is 0 Å². The molecular formula is C23H21ClN2O2. The molecule has 5 heteroatoms. The number of carbonyl (C=O) groups excluding carboxylic acids is 1. The summed E-state index contributed by atoms with van der Waals surface area (Å²) in [7, 11) is 0. The van der Waals surface area contributed by atoms with Crippen LogP contribution < -0.4 is 10.2 Å². The van der Waals surface area contributed by atoms with Crippen molar-refractivity contribution >= 4 is 23.2 Å². The van der Waals surface area contributed by atoms with Crippen molar-refractivity contribution in [3.05, 3.63) is 101 Å². The topological polar surface area (TPSA) is 50.7 Å². The van der Waals surface area contributed by atoms with Gasteiger partial charge in [-0.3, -0.25) is 4.79 Å². The number of rotatable bonds is 7. The molecule has 28 heavy (non-hydrogen) atoms. The monoisotopic (exact) mass is 392 g/mol. The Kier molecular flexibility index (Phi) is 6.82. The number of hydrazone groups is 1. The first kappa shape index (κ1) is 19.6. The largest absolute Gasteiger partial charge is 0.482 e. The highest BCUT2D eigenvalue weighted by molar-refractivity contribution is 6.32. The fourth-order valence-electron chi connectivity index (χ4n) is 2.92. The van der Waals surface area contributed by atoms with E-state index in [4.69, 9.17) is 16.3 Å². The van der Waals surface area contributed by atoms with E-state index < -0.39 is 0 Å². The van der Waals surface area contributed by atoms with Gasteiger partial charge in [0, 0.05) is 11.6 Å². The van der Waals surface area contributed by atoms with Gasteiger partial charge in [-0.15, -0.1) is 0 Å². The predicted molar refractivity (Wildman–Crippen MR) is 113 cm³/mol. The molecule has 1 N–H and O–H groups in total. The molecule has 0 aliphatic carbocycles. The van der Waals surface area contributed by atoms with Crippen LogP contribution in [0.1, 0.15) is 24.0 Å². The predicted octanol–water partition coefficient (Wildman–Crippen LogP) is 5.04. The summed E-state index contributed by atoms with van der Waals surface area (Å²) in [4.78, 5) is 12.1. The Morgan fingerprint density at radius 3 is 2.04 bits per heavy atom. The summed E-state index contributed by atoms with van der Waals surface area (Å²) < 4.78 is 5.45. The highest BCUT2D eigenvalue weighted by atomic mass is 35.5. The standard InChI is InChI=1S/C23H21ClN2O2/c1-17(25-26-22(27)16-28-21-15-9-8-14-20(21)24)23(18-10-4-2-5-11-18)19-12-6-3-7-13-19/h2-15,23H,16H2,1H3,(H,26,27)/b25-17+. The molecule has 0 unspecified atom stereocenters. The van der Waals surface area contributed by atoms with Gasteiger partial charge in [-0.25, -0.2) is 5.43 Å². The van der Waals surface area contributed by atoms with Crippen molar-refractivity contribution < 1.29 is 9.53 Å². The fraction of sp³-hybridized carbons (Fsp3) is 0.130. The van der Waals surface area contributed by atoms with Gasteiger partial charge in [-0.1, -0.05) is 84.4 Å². The molecule has 0 saturated heterocycles. The van der Waals surface area contributed by atoms with Gasteiger partial charge in [-0.2, -0.15) is 5.10 Å². The second kappa shape index (κ2) is 9.72. The summed E-state index contributed by atoms with van der Waals surface area (Å²) in [5, 5.41) is 4.78. The Balaban J connectivity index is 1.70. The van der Waals surface area contributed by atoms with Crippen molar-refractivity contribution in [3.63, 3.8) is 0 Å². The van der Waals surface area contributed by atoms with Crippen LogP contribution in [0.5, 0.6) is 5.75 Å². The summed E-state index contributed by atoms with van der Waals surface area (Å²) >= 11 is 6.03. The van der Waals surface area contributed by atoms with Crippen LogP contribution in [0.15, 0.2) is 90.0 Å². The zero-order chi connectivity index (χ0) is 19.8. The Bertz CT molecular complexity index is 904. The zero-order valence-electron chi connectivity index (χ0n) is 15.5. The second-order valence-electron chi connectivity index (χ2n) is 6.26. The second-order valence-corrected chi connectivity index (χ2v) is 6.67. The zero-order valence-corrected chi connectivity index (χ0v) is 16.3. The van der Waals surface area contributed by atoms with Gasteiger partial charge in [0.05, 0.1) is 5.02 Å². The van der Waals surface area contributed by atoms with Crippen LogP contribution in [-0.2, 0) is 4.79 Å². The highest BCUT2D eigenvalue weighted by Crippen LogP contribution is 2.26. The van der Waals surface area contributed by atoms with E-state index in [9.17, 15) is 4.79 Å². The number of hydrogen-bond acceptors (Lipinski definition) is 3. The number of nitrogens with zero attached hydrogens (tertiary/aromatic N) is 1. The minimum absolute atomic E-state index is 0.0489. The molecule has 0 saturated carbocycles. The van der Waals surface area contributed by atoms with E-state index >= 15 is 0 Å². The molecule has 0 radical (unpaired) electrons. The molecule has 1 amide bonds. The number of amides is 1. The van der Waals surface area contributed by atoms with E-state index in [0.717, 1.165) is 16.8 Å². The Labute approximate surface area is 169 Å². The Morgan fingerprint density at radius 2 is 1.46 bits per heavy atom. The van der Waals surface area contributed by atoms with Gasteiger partial charge >= 0.3 is 0 Å². The van der Waals surface area contributed by atoms with Crippen molar-refractivity contribution in [1.29, 1.82) is 0 Å². The van der Waals surface area contributed by atoms with Crippen LogP contribution in [0, 0.1) is 0 Å². The molecule has 3 rings (SSSR count). The fourth-order valence-corrected chi connectivity index (χ4v) is 3.11. The molecule has 0 heterocycles. The number of hydrogen-bond donors (Lipinski definition) is 1. The summed E-state index contributed by atoms with van der Waals surface area (Å²) in [5.41, 5.74) is 5.57. The van der Waals surface area contributed by atoms with Gasteiger partial charge in [0.25, 0.3) is 5.91 Å². The molecular weight excluding hydrogens is 372 g/mol. The molecule has 0 fully saturated rings. The third-order valence-corrected chi connectivity index (χ3v) is 4.55. The minimum atomic E-state index is -0.348. The SMILES string of the molecule is C/C(=N\NC(=O)COc1ccccc1Cl)C(c1ccccc1)c1ccccc1. The smallest absolute Gasteiger partial charge is 0.277 e. The first-order valence-electron chi connectivity index (χ1n) is 8.95. The van der Waals surface area contributed by atoms with E-state index in [1.54, 1.807) is 24.3 Å². The van der Waals surface area contributed by atoms with E-state index in [1.165, 1.54) is 0 Å². The molecule has 0 bridgehead atoms. The Hall–Kier alpha value is -3.11. The Morgan fingerprint density at radius 1 is 0.929 bits per heavy atom. The number of benzene rings is 3. The summed E-state index contributed by atoms with van der Waals surface area (Å²) in [5.74, 6) is 0.0674. The average molecular weight is 393 g/mol. The van der Waals surface area contributed by atoms with Gasteiger partial charge in [-0.05, 0) is 30.2 Å². The third kappa shape index (κ3) is 5.21. The minimum Gasteiger partial charge on any atom is -0.482 e. The lowest BCUT2D eigenvalue weighted by Crippen LogP contribution is -2.26. The summed E-state index contributed by atoms with van der Waals surface area (Å²) in [6.45, 7) is 1.74. The highest BCUT2D eigenvalue weighted by Gasteiger charge is 2.17. The lowest BCUT2D eigenvalue weighted by molar-refractivity contribution is -0.123. The van der Waals surface area contributed by atoms with E-state index in [0.29, 0.717) is 10.8 Å². The lowest BCUT2D eigenvalue weighted by atomic mass is 9.88. The summed E-state index contributed by atoms with van der Waals surface area (Å²) in [6.07, 6.45) is 0. The number of carbonyl (C=O) groups is 1. The molecule has 0 aliphatic rings. The van der Waals surface area contributed by atoms with Crippen LogP contribution in [0.25, 0.3) is 0 Å². The van der Waals surface area contributed by atoms with Crippen molar-refractivity contribution in [3.8, 4) is 5.75 Å². The van der Waals surface area contributed by atoms with E-state index in [1.807, 2.05) is 43.3 Å². The van der Waals surface area contributed by atoms with E-state index in [2.05, 4.69) is 34.8 Å². The molecule has 4 nitrogen and oxygen atoms in total. The molecule has 0 spiro atoms.